The molecule has 7 heteroatoms. The minimum atomic E-state index is -0.595. The monoisotopic (exact) mass is 248 g/mol. The standard InChI is InChI=1S/C11H12N4O3/c12-4-7-1-9(2-7)18-11-10(15(16)17)3-8(5-13)6-14-11/h3,6-7,9H,1-2,4,12H2. The van der Waals surface area contributed by atoms with Gasteiger partial charge in [-0.25, -0.2) is 4.98 Å². The first-order valence-corrected chi connectivity index (χ1v) is 5.55. The summed E-state index contributed by atoms with van der Waals surface area (Å²) in [7, 11) is 0. The molecule has 18 heavy (non-hydrogen) atoms. The van der Waals surface area contributed by atoms with Crippen LogP contribution in [0.1, 0.15) is 18.4 Å². The number of hydrogen-bond donors (Lipinski definition) is 1. The molecule has 2 rings (SSSR count). The Kier molecular flexibility index (Phi) is 3.39. The molecule has 1 aromatic heterocycles. The van der Waals surface area contributed by atoms with Gasteiger partial charge >= 0.3 is 5.69 Å². The number of nitrogens with two attached hydrogens (primary N) is 1. The predicted molar refractivity (Wildman–Crippen MR) is 61.8 cm³/mol. The first-order chi connectivity index (χ1) is 8.63. The number of ether oxygens (including phenoxy) is 1. The fraction of sp³-hybridized carbons (Fsp3) is 0.455. The van der Waals surface area contributed by atoms with Gasteiger partial charge in [0.25, 0.3) is 5.88 Å². The first kappa shape index (κ1) is 12.3. The summed E-state index contributed by atoms with van der Waals surface area (Å²) in [5.41, 5.74) is 5.36. The van der Waals surface area contributed by atoms with Gasteiger partial charge < -0.3 is 10.5 Å². The van der Waals surface area contributed by atoms with Crippen molar-refractivity contribution in [1.29, 1.82) is 5.26 Å². The molecule has 0 spiro atoms. The minimum absolute atomic E-state index is 0.0283. The van der Waals surface area contributed by atoms with Crippen LogP contribution in [0.25, 0.3) is 0 Å². The van der Waals surface area contributed by atoms with E-state index in [2.05, 4.69) is 4.98 Å². The van der Waals surface area contributed by atoms with E-state index in [1.165, 1.54) is 12.3 Å². The molecule has 1 fully saturated rings. The third-order valence-electron chi connectivity index (χ3n) is 2.96. The zero-order valence-electron chi connectivity index (χ0n) is 9.57. The van der Waals surface area contributed by atoms with Crippen LogP contribution in [0.5, 0.6) is 5.88 Å². The molecule has 0 unspecified atom stereocenters. The largest absolute Gasteiger partial charge is 0.469 e. The lowest BCUT2D eigenvalue weighted by atomic mass is 9.82. The molecule has 1 aliphatic carbocycles. The molecule has 1 aliphatic rings. The molecule has 0 amide bonds. The van der Waals surface area contributed by atoms with Crippen molar-refractivity contribution >= 4 is 5.69 Å². The molecule has 1 saturated carbocycles. The topological polar surface area (TPSA) is 115 Å². The zero-order valence-corrected chi connectivity index (χ0v) is 9.57. The molecule has 7 nitrogen and oxygen atoms in total. The molecule has 0 saturated heterocycles. The van der Waals surface area contributed by atoms with Crippen molar-refractivity contribution in [3.8, 4) is 11.9 Å². The molecule has 0 aliphatic heterocycles. The smallest absolute Gasteiger partial charge is 0.332 e. The highest BCUT2D eigenvalue weighted by atomic mass is 16.6. The van der Waals surface area contributed by atoms with Gasteiger partial charge in [0.2, 0.25) is 0 Å². The fourth-order valence-corrected chi connectivity index (χ4v) is 1.84. The third-order valence-corrected chi connectivity index (χ3v) is 2.96. The van der Waals surface area contributed by atoms with Crippen LogP contribution >= 0.6 is 0 Å². The van der Waals surface area contributed by atoms with E-state index in [4.69, 9.17) is 15.7 Å². The van der Waals surface area contributed by atoms with E-state index in [9.17, 15) is 10.1 Å². The van der Waals surface area contributed by atoms with Crippen LogP contribution in [0.4, 0.5) is 5.69 Å². The Hall–Kier alpha value is -2.20. The van der Waals surface area contributed by atoms with Gasteiger partial charge in [0.15, 0.2) is 0 Å². The second-order valence-electron chi connectivity index (χ2n) is 4.23. The third kappa shape index (κ3) is 2.38. The SMILES string of the molecule is N#Cc1cnc(OC2CC(CN)C2)c([N+](=O)[O-])c1. The molecule has 0 radical (unpaired) electrons. The van der Waals surface area contributed by atoms with Gasteiger partial charge in [-0.1, -0.05) is 0 Å². The quantitative estimate of drug-likeness (QED) is 0.627. The second-order valence-corrected chi connectivity index (χ2v) is 4.23. The Morgan fingerprint density at radius 1 is 1.67 bits per heavy atom. The fourth-order valence-electron chi connectivity index (χ4n) is 1.84. The molecule has 1 heterocycles. The highest BCUT2D eigenvalue weighted by Crippen LogP contribution is 2.33. The first-order valence-electron chi connectivity index (χ1n) is 5.55. The van der Waals surface area contributed by atoms with Gasteiger partial charge in [-0.2, -0.15) is 5.26 Å². The van der Waals surface area contributed by atoms with Crippen LogP contribution in [-0.4, -0.2) is 22.6 Å². The lowest BCUT2D eigenvalue weighted by Gasteiger charge is -2.33. The summed E-state index contributed by atoms with van der Waals surface area (Å²) in [6, 6.07) is 2.98. The van der Waals surface area contributed by atoms with E-state index in [-0.39, 0.29) is 23.2 Å². The maximum atomic E-state index is 10.9. The van der Waals surface area contributed by atoms with E-state index in [1.807, 2.05) is 6.07 Å². The van der Waals surface area contributed by atoms with Crippen molar-refractivity contribution in [2.45, 2.75) is 18.9 Å². The molecule has 0 bridgehead atoms. The molecular weight excluding hydrogens is 236 g/mol. The molecule has 94 valence electrons. The molecule has 2 N–H and O–H groups in total. The Morgan fingerprint density at radius 3 is 2.94 bits per heavy atom. The van der Waals surface area contributed by atoms with Crippen LogP contribution in [0, 0.1) is 27.4 Å². The van der Waals surface area contributed by atoms with Crippen molar-refractivity contribution in [3.05, 3.63) is 27.9 Å². The van der Waals surface area contributed by atoms with E-state index in [0.717, 1.165) is 12.8 Å². The predicted octanol–water partition coefficient (Wildman–Crippen LogP) is 0.978. The Bertz CT molecular complexity index is 506. The number of nitro groups is 1. The van der Waals surface area contributed by atoms with Gasteiger partial charge in [0, 0.05) is 12.3 Å². The summed E-state index contributed by atoms with van der Waals surface area (Å²) in [5, 5.41) is 19.5. The Balaban J connectivity index is 2.13. The average Bonchev–Trinajstić information content (AvgIpc) is 2.33. The van der Waals surface area contributed by atoms with Gasteiger partial charge in [-0.05, 0) is 25.3 Å². The number of aromatic nitrogens is 1. The van der Waals surface area contributed by atoms with Crippen LogP contribution in [0.15, 0.2) is 12.3 Å². The van der Waals surface area contributed by atoms with Crippen molar-refractivity contribution in [2.75, 3.05) is 6.54 Å². The summed E-state index contributed by atoms with van der Waals surface area (Å²) >= 11 is 0. The number of rotatable bonds is 4. The van der Waals surface area contributed by atoms with Gasteiger partial charge in [-0.3, -0.25) is 10.1 Å². The van der Waals surface area contributed by atoms with Crippen molar-refractivity contribution < 1.29 is 9.66 Å². The number of hydrogen-bond acceptors (Lipinski definition) is 6. The molecule has 0 atom stereocenters. The summed E-state index contributed by atoms with van der Waals surface area (Å²) < 4.78 is 5.46. The summed E-state index contributed by atoms with van der Waals surface area (Å²) in [6.07, 6.45) is 2.77. The van der Waals surface area contributed by atoms with Crippen molar-refractivity contribution in [3.63, 3.8) is 0 Å². The minimum Gasteiger partial charge on any atom is -0.469 e. The van der Waals surface area contributed by atoms with Crippen LogP contribution in [0.3, 0.4) is 0 Å². The summed E-state index contributed by atoms with van der Waals surface area (Å²) in [6.45, 7) is 0.600. The van der Waals surface area contributed by atoms with Crippen LogP contribution in [-0.2, 0) is 0 Å². The number of pyridine rings is 1. The van der Waals surface area contributed by atoms with Gasteiger partial charge in [-0.15, -0.1) is 0 Å². The van der Waals surface area contributed by atoms with Crippen LogP contribution in [0.2, 0.25) is 0 Å². The van der Waals surface area contributed by atoms with E-state index >= 15 is 0 Å². The highest BCUT2D eigenvalue weighted by molar-refractivity contribution is 5.46. The van der Waals surface area contributed by atoms with E-state index in [1.54, 1.807) is 0 Å². The van der Waals surface area contributed by atoms with E-state index < -0.39 is 4.92 Å². The Morgan fingerprint density at radius 2 is 2.39 bits per heavy atom. The molecule has 0 aromatic carbocycles. The Labute approximate surface area is 103 Å². The van der Waals surface area contributed by atoms with E-state index in [0.29, 0.717) is 12.5 Å². The van der Waals surface area contributed by atoms with Crippen molar-refractivity contribution in [2.24, 2.45) is 11.7 Å². The number of nitrogens with zero attached hydrogens (tertiary/aromatic N) is 3. The summed E-state index contributed by atoms with van der Waals surface area (Å²) in [4.78, 5) is 14.1. The number of nitriles is 1. The summed E-state index contributed by atoms with van der Waals surface area (Å²) in [5.74, 6) is 0.395. The normalized spacial score (nSPS) is 21.8. The zero-order chi connectivity index (χ0) is 13.1. The van der Waals surface area contributed by atoms with Gasteiger partial charge in [0.1, 0.15) is 12.2 Å². The highest BCUT2D eigenvalue weighted by Gasteiger charge is 2.32. The lowest BCUT2D eigenvalue weighted by Crippen LogP contribution is -2.38. The second kappa shape index (κ2) is 4.98. The van der Waals surface area contributed by atoms with Crippen molar-refractivity contribution in [1.82, 2.24) is 4.98 Å². The molecular formula is C11H12N4O3. The molecule has 1 aromatic rings. The maximum absolute atomic E-state index is 10.9. The van der Waals surface area contributed by atoms with Crippen LogP contribution < -0.4 is 10.5 Å². The lowest BCUT2D eigenvalue weighted by molar-refractivity contribution is -0.386. The van der Waals surface area contributed by atoms with Gasteiger partial charge in [0.05, 0.1) is 10.5 Å². The maximum Gasteiger partial charge on any atom is 0.332 e. The average molecular weight is 248 g/mol.